The number of rotatable bonds is 3. The number of hydrogen-bond donors (Lipinski definition) is 0. The van der Waals surface area contributed by atoms with Crippen LogP contribution >= 0.6 is 31.9 Å². The van der Waals surface area contributed by atoms with Crippen LogP contribution in [0.5, 0.6) is 5.75 Å². The lowest BCUT2D eigenvalue weighted by atomic mass is 10.2. The zero-order valence-corrected chi connectivity index (χ0v) is 16.1. The minimum Gasteiger partial charge on any atom is -0.424 e. The lowest BCUT2D eigenvalue weighted by molar-refractivity contribution is -0.132. The van der Waals surface area contributed by atoms with Crippen molar-refractivity contribution in [2.75, 3.05) is 0 Å². The van der Waals surface area contributed by atoms with Gasteiger partial charge in [-0.2, -0.15) is 0 Å². The van der Waals surface area contributed by atoms with Crippen LogP contribution in [0.15, 0.2) is 62.1 Å². The summed E-state index contributed by atoms with van der Waals surface area (Å²) in [5.74, 6) is -0.303. The first-order chi connectivity index (χ1) is 11.9. The molecule has 1 aliphatic rings. The summed E-state index contributed by atoms with van der Waals surface area (Å²) in [4.78, 5) is 27.4. The molecule has 0 fully saturated rings. The van der Waals surface area contributed by atoms with E-state index in [9.17, 15) is 9.59 Å². The molecule has 0 spiro atoms. The number of ether oxygens (including phenoxy) is 2. The highest BCUT2D eigenvalue weighted by molar-refractivity contribution is 9.11. The van der Waals surface area contributed by atoms with Gasteiger partial charge in [-0.05, 0) is 67.8 Å². The van der Waals surface area contributed by atoms with Crippen molar-refractivity contribution >= 4 is 55.8 Å². The fourth-order valence-corrected chi connectivity index (χ4v) is 3.56. The van der Waals surface area contributed by atoms with Crippen LogP contribution in [0.3, 0.4) is 0 Å². The maximum Gasteiger partial charge on any atom is 0.363 e. The molecule has 2 aromatic carbocycles. The zero-order chi connectivity index (χ0) is 18.0. The Morgan fingerprint density at radius 1 is 1.16 bits per heavy atom. The fourth-order valence-electron chi connectivity index (χ4n) is 2.18. The summed E-state index contributed by atoms with van der Waals surface area (Å²) in [6.45, 7) is 1.32. The maximum atomic E-state index is 12.0. The average molecular weight is 465 g/mol. The van der Waals surface area contributed by atoms with Crippen molar-refractivity contribution in [1.29, 1.82) is 0 Å². The maximum absolute atomic E-state index is 12.0. The number of aliphatic imine (C=N–C) groups is 1. The van der Waals surface area contributed by atoms with Crippen LogP contribution < -0.4 is 4.74 Å². The van der Waals surface area contributed by atoms with Gasteiger partial charge in [-0.1, -0.05) is 18.2 Å². The van der Waals surface area contributed by atoms with Crippen molar-refractivity contribution in [3.63, 3.8) is 0 Å². The molecule has 126 valence electrons. The lowest BCUT2D eigenvalue weighted by Crippen LogP contribution is -2.05. The van der Waals surface area contributed by atoms with Gasteiger partial charge in [0.15, 0.2) is 11.4 Å². The van der Waals surface area contributed by atoms with Crippen LogP contribution in [0.1, 0.15) is 18.1 Å². The van der Waals surface area contributed by atoms with Crippen LogP contribution in [0, 0.1) is 0 Å². The predicted molar refractivity (Wildman–Crippen MR) is 100 cm³/mol. The summed E-state index contributed by atoms with van der Waals surface area (Å²) in [6, 6.07) is 12.6. The summed E-state index contributed by atoms with van der Waals surface area (Å²) >= 11 is 6.70. The van der Waals surface area contributed by atoms with Crippen LogP contribution in [0.2, 0.25) is 0 Å². The number of esters is 2. The minimum atomic E-state index is -0.518. The van der Waals surface area contributed by atoms with E-state index >= 15 is 0 Å². The number of cyclic esters (lactones) is 1. The highest BCUT2D eigenvalue weighted by Gasteiger charge is 2.24. The first-order valence-electron chi connectivity index (χ1n) is 7.19. The van der Waals surface area contributed by atoms with E-state index in [-0.39, 0.29) is 11.6 Å². The Morgan fingerprint density at radius 3 is 2.40 bits per heavy atom. The molecule has 7 heteroatoms. The molecule has 25 heavy (non-hydrogen) atoms. The molecule has 0 saturated heterocycles. The first-order valence-corrected chi connectivity index (χ1v) is 8.78. The van der Waals surface area contributed by atoms with Gasteiger partial charge in [0.2, 0.25) is 5.90 Å². The van der Waals surface area contributed by atoms with E-state index in [1.54, 1.807) is 18.2 Å². The van der Waals surface area contributed by atoms with Crippen molar-refractivity contribution in [3.05, 3.63) is 68.2 Å². The smallest absolute Gasteiger partial charge is 0.363 e. The molecule has 2 aromatic rings. The van der Waals surface area contributed by atoms with Gasteiger partial charge < -0.3 is 9.47 Å². The van der Waals surface area contributed by atoms with E-state index in [1.807, 2.05) is 30.3 Å². The van der Waals surface area contributed by atoms with E-state index in [1.165, 1.54) is 6.92 Å². The molecule has 3 rings (SSSR count). The topological polar surface area (TPSA) is 65.0 Å². The monoisotopic (exact) mass is 463 g/mol. The number of hydrogen-bond acceptors (Lipinski definition) is 5. The third-order valence-corrected chi connectivity index (χ3v) is 4.39. The molecule has 0 aliphatic carbocycles. The van der Waals surface area contributed by atoms with Crippen molar-refractivity contribution in [2.24, 2.45) is 4.99 Å². The largest absolute Gasteiger partial charge is 0.424 e. The van der Waals surface area contributed by atoms with E-state index in [2.05, 4.69) is 36.9 Å². The second-order valence-corrected chi connectivity index (χ2v) is 6.82. The van der Waals surface area contributed by atoms with E-state index in [0.717, 1.165) is 5.56 Å². The van der Waals surface area contributed by atoms with E-state index < -0.39 is 11.9 Å². The first kappa shape index (κ1) is 17.6. The summed E-state index contributed by atoms with van der Waals surface area (Å²) < 4.78 is 11.5. The second-order valence-electron chi connectivity index (χ2n) is 5.11. The molecule has 0 radical (unpaired) electrons. The summed E-state index contributed by atoms with van der Waals surface area (Å²) in [5, 5.41) is 0. The third kappa shape index (κ3) is 4.05. The van der Waals surface area contributed by atoms with Gasteiger partial charge in [-0.15, -0.1) is 0 Å². The van der Waals surface area contributed by atoms with Gasteiger partial charge in [-0.3, -0.25) is 4.79 Å². The SMILES string of the molecule is CC(=O)Oc1c(Br)cc(/C=C2\N=C(c3ccccc3)OC2=O)cc1Br. The van der Waals surface area contributed by atoms with Crippen LogP contribution in [-0.2, 0) is 14.3 Å². The van der Waals surface area contributed by atoms with Gasteiger partial charge in [-0.25, -0.2) is 9.79 Å². The molecular formula is C18H11Br2NO4. The van der Waals surface area contributed by atoms with Gasteiger partial charge in [0, 0.05) is 12.5 Å². The predicted octanol–water partition coefficient (Wildman–Crippen LogP) is 4.48. The molecule has 0 amide bonds. The second kappa shape index (κ2) is 7.33. The molecule has 1 heterocycles. The zero-order valence-electron chi connectivity index (χ0n) is 13.0. The van der Waals surface area contributed by atoms with Gasteiger partial charge in [0.1, 0.15) is 0 Å². The highest BCUT2D eigenvalue weighted by atomic mass is 79.9. The Morgan fingerprint density at radius 2 is 1.80 bits per heavy atom. The molecule has 1 aliphatic heterocycles. The Balaban J connectivity index is 1.94. The molecule has 0 unspecified atom stereocenters. The molecule has 0 N–H and O–H groups in total. The standard InChI is InChI=1S/C18H11Br2NO4/c1-10(22)24-16-13(19)7-11(8-14(16)20)9-15-18(23)25-17(21-15)12-5-3-2-4-6-12/h2-9H,1H3/b15-9-. The summed E-state index contributed by atoms with van der Waals surface area (Å²) in [5.41, 5.74) is 1.62. The van der Waals surface area contributed by atoms with Crippen LogP contribution in [-0.4, -0.2) is 17.8 Å². The Labute approximate surface area is 160 Å². The number of halogens is 2. The summed E-state index contributed by atoms with van der Waals surface area (Å²) in [7, 11) is 0. The number of carbonyl (C=O) groups is 2. The Bertz CT molecular complexity index is 897. The summed E-state index contributed by atoms with van der Waals surface area (Å²) in [6.07, 6.45) is 1.60. The van der Waals surface area contributed by atoms with Gasteiger partial charge in [0.25, 0.3) is 0 Å². The molecule has 0 atom stereocenters. The normalized spacial score (nSPS) is 15.1. The minimum absolute atomic E-state index is 0.192. The molecule has 0 aromatic heterocycles. The lowest BCUT2D eigenvalue weighted by Gasteiger charge is -2.08. The number of nitrogens with zero attached hydrogens (tertiary/aromatic N) is 1. The van der Waals surface area contributed by atoms with E-state index in [4.69, 9.17) is 9.47 Å². The quantitative estimate of drug-likeness (QED) is 0.381. The third-order valence-electron chi connectivity index (χ3n) is 3.21. The Hall–Kier alpha value is -2.25. The fraction of sp³-hybridized carbons (Fsp3) is 0.0556. The molecule has 0 saturated carbocycles. The molecular weight excluding hydrogens is 454 g/mol. The average Bonchev–Trinajstić information content (AvgIpc) is 2.92. The number of carbonyl (C=O) groups excluding carboxylic acids is 2. The van der Waals surface area contributed by atoms with Crippen molar-refractivity contribution in [1.82, 2.24) is 0 Å². The van der Waals surface area contributed by atoms with Crippen LogP contribution in [0.25, 0.3) is 6.08 Å². The van der Waals surface area contributed by atoms with Gasteiger partial charge >= 0.3 is 11.9 Å². The van der Waals surface area contributed by atoms with Crippen LogP contribution in [0.4, 0.5) is 0 Å². The molecule has 5 nitrogen and oxygen atoms in total. The van der Waals surface area contributed by atoms with Crippen molar-refractivity contribution in [2.45, 2.75) is 6.92 Å². The van der Waals surface area contributed by atoms with Crippen molar-refractivity contribution < 1.29 is 19.1 Å². The number of benzene rings is 2. The molecule has 0 bridgehead atoms. The highest BCUT2D eigenvalue weighted by Crippen LogP contribution is 2.35. The Kier molecular flexibility index (Phi) is 5.15. The van der Waals surface area contributed by atoms with E-state index in [0.29, 0.717) is 20.3 Å². The van der Waals surface area contributed by atoms with Gasteiger partial charge in [0.05, 0.1) is 8.95 Å². The van der Waals surface area contributed by atoms with Crippen molar-refractivity contribution in [3.8, 4) is 5.75 Å².